The number of rotatable bonds is 3. The van der Waals surface area contributed by atoms with Crippen molar-refractivity contribution in [2.24, 2.45) is 0 Å². The molecule has 0 saturated heterocycles. The van der Waals surface area contributed by atoms with Crippen molar-refractivity contribution in [2.45, 2.75) is 27.3 Å². The van der Waals surface area contributed by atoms with Crippen LogP contribution in [0.15, 0.2) is 48.5 Å². The molecule has 0 bridgehead atoms. The van der Waals surface area contributed by atoms with E-state index in [0.717, 1.165) is 38.9 Å². The maximum atomic E-state index is 13.1. The van der Waals surface area contributed by atoms with Crippen molar-refractivity contribution >= 4 is 33.4 Å². The molecule has 26 heavy (non-hydrogen) atoms. The lowest BCUT2D eigenvalue weighted by Crippen LogP contribution is -2.13. The standard InChI is InChI=1S/C21H20N4O/c1-4-25-20-19(14(3)24-25)17(12-13(2)22-20)21(26)23-18-11-7-9-15-8-5-6-10-16(15)18/h5-12H,4H2,1-3H3,(H,23,26). The molecule has 2 aromatic heterocycles. The van der Waals surface area contributed by atoms with E-state index in [1.54, 1.807) is 0 Å². The molecule has 0 radical (unpaired) electrons. The normalized spacial score (nSPS) is 11.2. The van der Waals surface area contributed by atoms with Crippen LogP contribution in [-0.2, 0) is 6.54 Å². The van der Waals surface area contributed by atoms with Crippen molar-refractivity contribution in [1.82, 2.24) is 14.8 Å². The molecule has 0 unspecified atom stereocenters. The summed E-state index contributed by atoms with van der Waals surface area (Å²) in [6.07, 6.45) is 0. The number of benzene rings is 2. The van der Waals surface area contributed by atoms with Gasteiger partial charge in [-0.05, 0) is 38.3 Å². The Bertz CT molecular complexity index is 1140. The van der Waals surface area contributed by atoms with E-state index in [1.165, 1.54) is 0 Å². The molecule has 0 spiro atoms. The summed E-state index contributed by atoms with van der Waals surface area (Å²) >= 11 is 0. The first-order valence-electron chi connectivity index (χ1n) is 8.72. The minimum Gasteiger partial charge on any atom is -0.321 e. The first-order valence-corrected chi connectivity index (χ1v) is 8.72. The van der Waals surface area contributed by atoms with Gasteiger partial charge in [-0.15, -0.1) is 0 Å². The molecule has 0 saturated carbocycles. The Morgan fingerprint density at radius 3 is 2.69 bits per heavy atom. The number of carbonyl (C=O) groups excluding carboxylic acids is 1. The van der Waals surface area contributed by atoms with Crippen molar-refractivity contribution in [3.05, 3.63) is 65.5 Å². The molecule has 0 atom stereocenters. The van der Waals surface area contributed by atoms with Gasteiger partial charge in [-0.25, -0.2) is 9.67 Å². The fourth-order valence-electron chi connectivity index (χ4n) is 3.40. The molecular formula is C21H20N4O. The van der Waals surface area contributed by atoms with Crippen molar-refractivity contribution in [3.8, 4) is 0 Å². The quantitative estimate of drug-likeness (QED) is 0.596. The van der Waals surface area contributed by atoms with Gasteiger partial charge in [-0.1, -0.05) is 36.4 Å². The third kappa shape index (κ3) is 2.62. The van der Waals surface area contributed by atoms with Gasteiger partial charge in [-0.2, -0.15) is 5.10 Å². The zero-order valence-corrected chi connectivity index (χ0v) is 15.1. The van der Waals surface area contributed by atoms with Gasteiger partial charge >= 0.3 is 0 Å². The van der Waals surface area contributed by atoms with Crippen LogP contribution in [0.1, 0.15) is 28.7 Å². The first-order chi connectivity index (χ1) is 12.6. The van der Waals surface area contributed by atoms with E-state index in [4.69, 9.17) is 0 Å². The van der Waals surface area contributed by atoms with E-state index in [2.05, 4.69) is 15.4 Å². The number of carbonyl (C=O) groups is 1. The van der Waals surface area contributed by atoms with Crippen LogP contribution >= 0.6 is 0 Å². The van der Waals surface area contributed by atoms with Gasteiger partial charge in [0, 0.05) is 23.3 Å². The number of pyridine rings is 1. The van der Waals surface area contributed by atoms with Crippen molar-refractivity contribution < 1.29 is 4.79 Å². The van der Waals surface area contributed by atoms with Crippen molar-refractivity contribution in [3.63, 3.8) is 0 Å². The SMILES string of the molecule is CCn1nc(C)c2c(C(=O)Nc3cccc4ccccc34)cc(C)nc21. The zero-order valence-electron chi connectivity index (χ0n) is 15.1. The minimum atomic E-state index is -0.143. The summed E-state index contributed by atoms with van der Waals surface area (Å²) in [6, 6.07) is 15.8. The molecule has 0 fully saturated rings. The molecular weight excluding hydrogens is 324 g/mol. The number of anilines is 1. The molecule has 1 amide bonds. The number of amides is 1. The second-order valence-electron chi connectivity index (χ2n) is 6.39. The highest BCUT2D eigenvalue weighted by molar-refractivity contribution is 6.15. The zero-order chi connectivity index (χ0) is 18.3. The van der Waals surface area contributed by atoms with E-state index in [-0.39, 0.29) is 5.91 Å². The van der Waals surface area contributed by atoms with Crippen LogP contribution in [0.25, 0.3) is 21.8 Å². The average Bonchev–Trinajstić information content (AvgIpc) is 2.97. The molecule has 1 N–H and O–H groups in total. The lowest BCUT2D eigenvalue weighted by molar-refractivity contribution is 0.102. The molecule has 0 aliphatic heterocycles. The van der Waals surface area contributed by atoms with Gasteiger partial charge in [0.15, 0.2) is 5.65 Å². The second kappa shape index (κ2) is 6.26. The average molecular weight is 344 g/mol. The monoisotopic (exact) mass is 344 g/mol. The number of nitrogens with zero attached hydrogens (tertiary/aromatic N) is 3. The first kappa shape index (κ1) is 16.3. The third-order valence-electron chi connectivity index (χ3n) is 4.59. The number of nitrogens with one attached hydrogen (secondary N) is 1. The Hall–Kier alpha value is -3.21. The largest absolute Gasteiger partial charge is 0.321 e. The predicted octanol–water partition coefficient (Wildman–Crippen LogP) is 4.47. The van der Waals surface area contributed by atoms with Crippen LogP contribution in [0.2, 0.25) is 0 Å². The lowest BCUT2D eigenvalue weighted by atomic mass is 10.1. The number of aryl methyl sites for hydroxylation is 3. The summed E-state index contributed by atoms with van der Waals surface area (Å²) in [5.74, 6) is -0.143. The van der Waals surface area contributed by atoms with Gasteiger partial charge in [0.05, 0.1) is 16.6 Å². The molecule has 0 aliphatic carbocycles. The summed E-state index contributed by atoms with van der Waals surface area (Å²) in [4.78, 5) is 17.7. The second-order valence-corrected chi connectivity index (χ2v) is 6.39. The Balaban J connectivity index is 1.83. The molecule has 130 valence electrons. The van der Waals surface area contributed by atoms with E-state index in [9.17, 15) is 4.79 Å². The van der Waals surface area contributed by atoms with Crippen LogP contribution in [0.5, 0.6) is 0 Å². The van der Waals surface area contributed by atoms with Crippen LogP contribution in [0.3, 0.4) is 0 Å². The number of aromatic nitrogens is 3. The van der Waals surface area contributed by atoms with Gasteiger partial charge in [0.25, 0.3) is 5.91 Å². The third-order valence-corrected chi connectivity index (χ3v) is 4.59. The molecule has 5 nitrogen and oxygen atoms in total. The van der Waals surface area contributed by atoms with Crippen LogP contribution in [0.4, 0.5) is 5.69 Å². The van der Waals surface area contributed by atoms with E-state index in [1.807, 2.05) is 74.0 Å². The Kier molecular flexibility index (Phi) is 3.92. The molecule has 5 heteroatoms. The number of hydrogen-bond donors (Lipinski definition) is 1. The van der Waals surface area contributed by atoms with Gasteiger partial charge in [0.1, 0.15) is 0 Å². The van der Waals surface area contributed by atoms with Gasteiger partial charge in [0.2, 0.25) is 0 Å². The number of fused-ring (bicyclic) bond motifs is 2. The van der Waals surface area contributed by atoms with Crippen molar-refractivity contribution in [2.75, 3.05) is 5.32 Å². The highest BCUT2D eigenvalue weighted by atomic mass is 16.1. The summed E-state index contributed by atoms with van der Waals surface area (Å²) in [7, 11) is 0. The molecule has 2 heterocycles. The molecule has 4 rings (SSSR count). The summed E-state index contributed by atoms with van der Waals surface area (Å²) in [5.41, 5.74) is 3.79. The van der Waals surface area contributed by atoms with Gasteiger partial charge in [-0.3, -0.25) is 4.79 Å². The molecule has 0 aliphatic rings. The summed E-state index contributed by atoms with van der Waals surface area (Å²) < 4.78 is 1.84. The minimum absolute atomic E-state index is 0.143. The molecule has 2 aromatic carbocycles. The maximum Gasteiger partial charge on any atom is 0.256 e. The maximum absolute atomic E-state index is 13.1. The molecule has 4 aromatic rings. The predicted molar refractivity (Wildman–Crippen MR) is 105 cm³/mol. The fraction of sp³-hybridized carbons (Fsp3) is 0.190. The highest BCUT2D eigenvalue weighted by Gasteiger charge is 2.19. The van der Waals surface area contributed by atoms with Crippen LogP contribution < -0.4 is 5.32 Å². The van der Waals surface area contributed by atoms with Gasteiger partial charge < -0.3 is 5.32 Å². The van der Waals surface area contributed by atoms with E-state index >= 15 is 0 Å². The number of hydrogen-bond acceptors (Lipinski definition) is 3. The topological polar surface area (TPSA) is 59.8 Å². The van der Waals surface area contributed by atoms with Crippen LogP contribution in [-0.4, -0.2) is 20.7 Å². The summed E-state index contributed by atoms with van der Waals surface area (Å²) in [5, 5.41) is 10.5. The highest BCUT2D eigenvalue weighted by Crippen LogP contribution is 2.26. The fourth-order valence-corrected chi connectivity index (χ4v) is 3.40. The van der Waals surface area contributed by atoms with E-state index in [0.29, 0.717) is 12.1 Å². The Morgan fingerprint density at radius 2 is 1.88 bits per heavy atom. The smallest absolute Gasteiger partial charge is 0.256 e. The van der Waals surface area contributed by atoms with Crippen molar-refractivity contribution in [1.29, 1.82) is 0 Å². The van der Waals surface area contributed by atoms with Crippen LogP contribution in [0, 0.1) is 13.8 Å². The van der Waals surface area contributed by atoms with E-state index < -0.39 is 0 Å². The Labute approximate surface area is 151 Å². The Morgan fingerprint density at radius 1 is 1.12 bits per heavy atom. The lowest BCUT2D eigenvalue weighted by Gasteiger charge is -2.10. The summed E-state index contributed by atoms with van der Waals surface area (Å²) in [6.45, 7) is 6.55.